The number of halogens is 2. The first-order valence-electron chi connectivity index (χ1n) is 10.2. The molecule has 4 aromatic heterocycles. The number of hydrogen-bond donors (Lipinski definition) is 0. The molecule has 1 aliphatic heterocycles. The average molecular weight is 434 g/mol. The lowest BCUT2D eigenvalue weighted by atomic mass is 10.00. The van der Waals surface area contributed by atoms with Gasteiger partial charge in [0, 0.05) is 72.0 Å². The van der Waals surface area contributed by atoms with Gasteiger partial charge in [0.15, 0.2) is 11.5 Å². The number of pyridine rings is 2. The Balaban J connectivity index is 1.56. The minimum Gasteiger partial charge on any atom is -0.350 e. The molecule has 0 spiro atoms. The highest BCUT2D eigenvalue weighted by molar-refractivity contribution is 5.64. The molecule has 0 unspecified atom stereocenters. The zero-order valence-corrected chi connectivity index (χ0v) is 17.9. The summed E-state index contributed by atoms with van der Waals surface area (Å²) in [7, 11) is 0. The lowest BCUT2D eigenvalue weighted by Crippen LogP contribution is -2.34. The van der Waals surface area contributed by atoms with Crippen molar-refractivity contribution in [3.05, 3.63) is 80.8 Å². The summed E-state index contributed by atoms with van der Waals surface area (Å²) in [5.74, 6) is -1.04. The van der Waals surface area contributed by atoms with Gasteiger partial charge < -0.3 is 4.90 Å². The zero-order chi connectivity index (χ0) is 22.6. The van der Waals surface area contributed by atoms with Crippen molar-refractivity contribution >= 4 is 11.5 Å². The van der Waals surface area contributed by atoms with Crippen LogP contribution < -0.4 is 10.5 Å². The second-order valence-corrected chi connectivity index (χ2v) is 8.05. The lowest BCUT2D eigenvalue weighted by Gasteiger charge is -2.31. The molecule has 0 saturated heterocycles. The third kappa shape index (κ3) is 3.39. The molecule has 0 N–H and O–H groups in total. The topological polar surface area (TPSA) is 76.3 Å². The fourth-order valence-corrected chi connectivity index (χ4v) is 4.13. The molecule has 162 valence electrons. The van der Waals surface area contributed by atoms with E-state index in [4.69, 9.17) is 0 Å². The first-order valence-corrected chi connectivity index (χ1v) is 10.2. The van der Waals surface area contributed by atoms with Crippen LogP contribution in [0.25, 0.3) is 16.8 Å². The molecular formula is C23H20F2N6O. The summed E-state index contributed by atoms with van der Waals surface area (Å²) in [6.45, 7) is 6.89. The molecule has 0 radical (unpaired) electrons. The number of nitrogens with zero attached hydrogens (tertiary/aromatic N) is 6. The van der Waals surface area contributed by atoms with E-state index >= 15 is 0 Å². The molecule has 0 amide bonds. The molecule has 0 fully saturated rings. The molecule has 1 aliphatic rings. The number of rotatable bonds is 2. The SMILES string of the molecule is Cc1cc(=O)n2nc(N3CCc4ncc(-c5cc(F)nc(F)c5)cc4C3)c(C)c(C)c2n1. The molecule has 9 heteroatoms. The van der Waals surface area contributed by atoms with E-state index in [1.54, 1.807) is 13.1 Å². The van der Waals surface area contributed by atoms with Crippen molar-refractivity contribution in [3.8, 4) is 11.1 Å². The van der Waals surface area contributed by atoms with Crippen molar-refractivity contribution in [2.24, 2.45) is 0 Å². The Morgan fingerprint density at radius 1 is 0.938 bits per heavy atom. The molecule has 5 rings (SSSR count). The van der Waals surface area contributed by atoms with E-state index in [0.717, 1.165) is 22.4 Å². The zero-order valence-electron chi connectivity index (χ0n) is 17.9. The maximum atomic E-state index is 13.6. The van der Waals surface area contributed by atoms with Gasteiger partial charge in [-0.2, -0.15) is 18.3 Å². The van der Waals surface area contributed by atoms with Gasteiger partial charge in [-0.25, -0.2) is 4.98 Å². The second kappa shape index (κ2) is 7.44. The third-order valence-corrected chi connectivity index (χ3v) is 5.89. The van der Waals surface area contributed by atoms with Crippen LogP contribution in [0.3, 0.4) is 0 Å². The number of anilines is 1. The Bertz CT molecular complexity index is 1430. The van der Waals surface area contributed by atoms with E-state index < -0.39 is 11.9 Å². The van der Waals surface area contributed by atoms with Crippen LogP contribution in [-0.2, 0) is 13.0 Å². The third-order valence-electron chi connectivity index (χ3n) is 5.89. The summed E-state index contributed by atoms with van der Waals surface area (Å²) >= 11 is 0. The van der Waals surface area contributed by atoms with Crippen LogP contribution in [0.1, 0.15) is 28.1 Å². The largest absolute Gasteiger partial charge is 0.350 e. The second-order valence-electron chi connectivity index (χ2n) is 8.05. The lowest BCUT2D eigenvalue weighted by molar-refractivity contribution is 0.513. The number of aromatic nitrogens is 5. The van der Waals surface area contributed by atoms with E-state index in [1.807, 2.05) is 19.9 Å². The summed E-state index contributed by atoms with van der Waals surface area (Å²) in [5.41, 5.74) is 5.71. The Labute approximate surface area is 182 Å². The van der Waals surface area contributed by atoms with Crippen LogP contribution in [0, 0.1) is 32.7 Å². The minimum atomic E-state index is -0.875. The maximum Gasteiger partial charge on any atom is 0.274 e. The van der Waals surface area contributed by atoms with Crippen molar-refractivity contribution in [2.75, 3.05) is 11.4 Å². The van der Waals surface area contributed by atoms with Crippen LogP contribution in [-0.4, -0.2) is 31.1 Å². The summed E-state index contributed by atoms with van der Waals surface area (Å²) < 4.78 is 28.5. The van der Waals surface area contributed by atoms with Gasteiger partial charge in [0.2, 0.25) is 11.9 Å². The van der Waals surface area contributed by atoms with Gasteiger partial charge in [0.05, 0.1) is 0 Å². The smallest absolute Gasteiger partial charge is 0.274 e. The van der Waals surface area contributed by atoms with Gasteiger partial charge in [-0.05, 0) is 38.0 Å². The first kappa shape index (κ1) is 20.2. The number of fused-ring (bicyclic) bond motifs is 2. The quantitative estimate of drug-likeness (QED) is 0.451. The molecule has 0 atom stereocenters. The monoisotopic (exact) mass is 434 g/mol. The summed E-state index contributed by atoms with van der Waals surface area (Å²) in [6.07, 6.45) is 2.31. The Kier molecular flexibility index (Phi) is 4.69. The van der Waals surface area contributed by atoms with E-state index in [-0.39, 0.29) is 5.56 Å². The fraction of sp³-hybridized carbons (Fsp3) is 0.261. The highest BCUT2D eigenvalue weighted by atomic mass is 19.1. The number of aryl methyl sites for hydroxylation is 2. The van der Waals surface area contributed by atoms with Gasteiger partial charge in [-0.1, -0.05) is 0 Å². The first-order chi connectivity index (χ1) is 15.3. The predicted octanol–water partition coefficient (Wildman–Crippen LogP) is 3.31. The molecule has 5 heterocycles. The summed E-state index contributed by atoms with van der Waals surface area (Å²) in [6, 6.07) is 5.73. The van der Waals surface area contributed by atoms with Gasteiger partial charge in [-0.15, -0.1) is 5.10 Å². The van der Waals surface area contributed by atoms with E-state index in [2.05, 4.69) is 25.0 Å². The standard InChI is InChI=1S/C23H20F2N6O/c1-12-6-21(32)31-22(27-12)13(2)14(3)23(29-31)30-5-4-18-17(11-30)7-16(10-26-18)15-8-19(24)28-20(25)9-15/h6-10H,4-5,11H2,1-3H3. The highest BCUT2D eigenvalue weighted by Gasteiger charge is 2.23. The molecule has 32 heavy (non-hydrogen) atoms. The molecule has 0 bridgehead atoms. The molecule has 0 saturated carbocycles. The van der Waals surface area contributed by atoms with Crippen molar-refractivity contribution in [2.45, 2.75) is 33.7 Å². The van der Waals surface area contributed by atoms with E-state index in [0.29, 0.717) is 47.8 Å². The number of hydrogen-bond acceptors (Lipinski definition) is 6. The van der Waals surface area contributed by atoms with Gasteiger partial charge >= 0.3 is 0 Å². The maximum absolute atomic E-state index is 13.6. The van der Waals surface area contributed by atoms with Crippen molar-refractivity contribution in [1.29, 1.82) is 0 Å². The molecule has 0 aliphatic carbocycles. The van der Waals surface area contributed by atoms with E-state index in [1.165, 1.54) is 22.7 Å². The van der Waals surface area contributed by atoms with Crippen LogP contribution in [0.5, 0.6) is 0 Å². The van der Waals surface area contributed by atoms with Crippen molar-refractivity contribution in [3.63, 3.8) is 0 Å². The Morgan fingerprint density at radius 3 is 2.44 bits per heavy atom. The summed E-state index contributed by atoms with van der Waals surface area (Å²) in [5, 5.41) is 4.62. The minimum absolute atomic E-state index is 0.222. The predicted molar refractivity (Wildman–Crippen MR) is 116 cm³/mol. The average Bonchev–Trinajstić information content (AvgIpc) is 2.75. The molecule has 4 aromatic rings. The van der Waals surface area contributed by atoms with Crippen molar-refractivity contribution < 1.29 is 8.78 Å². The highest BCUT2D eigenvalue weighted by Crippen LogP contribution is 2.29. The van der Waals surface area contributed by atoms with Gasteiger partial charge in [-0.3, -0.25) is 9.78 Å². The van der Waals surface area contributed by atoms with Crippen LogP contribution in [0.2, 0.25) is 0 Å². The summed E-state index contributed by atoms with van der Waals surface area (Å²) in [4.78, 5) is 26.8. The molecule has 7 nitrogen and oxygen atoms in total. The Hall–Kier alpha value is -3.75. The van der Waals surface area contributed by atoms with Crippen molar-refractivity contribution in [1.82, 2.24) is 24.6 Å². The van der Waals surface area contributed by atoms with Gasteiger partial charge in [0.1, 0.15) is 0 Å². The fourth-order valence-electron chi connectivity index (χ4n) is 4.13. The normalized spacial score (nSPS) is 13.5. The molecular weight excluding hydrogens is 414 g/mol. The van der Waals surface area contributed by atoms with Crippen LogP contribution in [0.15, 0.2) is 35.3 Å². The van der Waals surface area contributed by atoms with Crippen LogP contribution in [0.4, 0.5) is 14.6 Å². The van der Waals surface area contributed by atoms with E-state index in [9.17, 15) is 13.6 Å². The van der Waals surface area contributed by atoms with Gasteiger partial charge in [0.25, 0.3) is 5.56 Å². The molecule has 0 aromatic carbocycles. The van der Waals surface area contributed by atoms with Crippen LogP contribution >= 0.6 is 0 Å². The Morgan fingerprint density at radius 2 is 1.69 bits per heavy atom.